The van der Waals surface area contributed by atoms with Gasteiger partial charge in [0.15, 0.2) is 5.69 Å². The predicted octanol–water partition coefficient (Wildman–Crippen LogP) is 3.97. The van der Waals surface area contributed by atoms with Crippen molar-refractivity contribution in [3.63, 3.8) is 0 Å². The maximum atomic E-state index is 7.39. The van der Waals surface area contributed by atoms with E-state index in [0.717, 1.165) is 24.2 Å². The fourth-order valence-electron chi connectivity index (χ4n) is 3.88. The molecule has 128 valence electrons. The zero-order chi connectivity index (χ0) is 17.2. The van der Waals surface area contributed by atoms with E-state index < -0.39 is 0 Å². The summed E-state index contributed by atoms with van der Waals surface area (Å²) in [7, 11) is 1.64. The Morgan fingerprint density at radius 3 is 2.64 bits per heavy atom. The van der Waals surface area contributed by atoms with E-state index in [-0.39, 0.29) is 6.10 Å². The van der Waals surface area contributed by atoms with Gasteiger partial charge in [0.2, 0.25) is 5.88 Å². The summed E-state index contributed by atoms with van der Waals surface area (Å²) in [5, 5.41) is 3.62. The van der Waals surface area contributed by atoms with Crippen molar-refractivity contribution in [2.24, 2.45) is 0 Å². The van der Waals surface area contributed by atoms with Gasteiger partial charge in [-0.2, -0.15) is 0 Å². The molecule has 2 fully saturated rings. The van der Waals surface area contributed by atoms with Gasteiger partial charge in [-0.1, -0.05) is 12.1 Å². The molecule has 0 radical (unpaired) electrons. The molecule has 1 aromatic heterocycles. The number of nitrogens with one attached hydrogen (secondary N) is 1. The Bertz CT molecular complexity index is 803. The number of fused-ring (bicyclic) bond motifs is 2. The maximum Gasteiger partial charge on any atom is 0.203 e. The molecule has 2 saturated heterocycles. The van der Waals surface area contributed by atoms with Crippen molar-refractivity contribution in [3.05, 3.63) is 47.8 Å². The number of hydrogen-bond acceptors (Lipinski definition) is 4. The van der Waals surface area contributed by atoms with Crippen LogP contribution in [-0.4, -0.2) is 30.3 Å². The molecule has 1 N–H and O–H groups in total. The number of methoxy groups -OCH3 is 1. The topological polar surface area (TPSA) is 47.7 Å². The average molecular weight is 335 g/mol. The van der Waals surface area contributed by atoms with Crippen molar-refractivity contribution in [2.45, 2.75) is 43.9 Å². The van der Waals surface area contributed by atoms with Gasteiger partial charge in [-0.15, -0.1) is 0 Å². The Kier molecular flexibility index (Phi) is 4.29. The lowest BCUT2D eigenvalue weighted by molar-refractivity contribution is 0.132. The molecule has 3 atom stereocenters. The molecule has 5 nitrogen and oxygen atoms in total. The summed E-state index contributed by atoms with van der Waals surface area (Å²) in [6.45, 7) is 7.39. The van der Waals surface area contributed by atoms with Crippen LogP contribution in [0.4, 0.5) is 5.69 Å². The van der Waals surface area contributed by atoms with Crippen LogP contribution in [0.3, 0.4) is 0 Å². The van der Waals surface area contributed by atoms with Gasteiger partial charge in [0.05, 0.1) is 19.4 Å². The fraction of sp³-hybridized carbons (Fsp3) is 0.400. The van der Waals surface area contributed by atoms with E-state index in [1.54, 1.807) is 19.2 Å². The third-order valence-corrected chi connectivity index (χ3v) is 5.02. The van der Waals surface area contributed by atoms with E-state index in [1.165, 1.54) is 12.8 Å². The number of pyridine rings is 1. The smallest absolute Gasteiger partial charge is 0.203 e. The molecule has 5 heteroatoms. The third-order valence-electron chi connectivity index (χ3n) is 5.02. The summed E-state index contributed by atoms with van der Waals surface area (Å²) in [5.74, 6) is 1.27. The Morgan fingerprint density at radius 1 is 1.16 bits per heavy atom. The number of rotatable bonds is 4. The molecule has 3 heterocycles. The van der Waals surface area contributed by atoms with E-state index in [2.05, 4.69) is 15.1 Å². The summed E-state index contributed by atoms with van der Waals surface area (Å²) >= 11 is 0. The van der Waals surface area contributed by atoms with Gasteiger partial charge in [0.1, 0.15) is 11.9 Å². The highest BCUT2D eigenvalue weighted by Crippen LogP contribution is 2.34. The van der Waals surface area contributed by atoms with Crippen molar-refractivity contribution in [3.8, 4) is 22.9 Å². The Morgan fingerprint density at radius 2 is 1.92 bits per heavy atom. The Labute approximate surface area is 147 Å². The van der Waals surface area contributed by atoms with Crippen molar-refractivity contribution in [1.29, 1.82) is 0 Å². The number of aromatic nitrogens is 1. The van der Waals surface area contributed by atoms with Gasteiger partial charge in [0, 0.05) is 23.7 Å². The lowest BCUT2D eigenvalue weighted by atomic mass is 10.0. The molecule has 0 amide bonds. The summed E-state index contributed by atoms with van der Waals surface area (Å²) < 4.78 is 11.6. The summed E-state index contributed by atoms with van der Waals surface area (Å²) in [6.07, 6.45) is 4.63. The molecule has 4 rings (SSSR count). The summed E-state index contributed by atoms with van der Waals surface area (Å²) in [4.78, 5) is 8.24. The highest BCUT2D eigenvalue weighted by atomic mass is 16.5. The minimum absolute atomic E-state index is 0.165. The van der Waals surface area contributed by atoms with Crippen molar-refractivity contribution >= 4 is 5.69 Å². The van der Waals surface area contributed by atoms with Gasteiger partial charge in [-0.3, -0.25) is 0 Å². The lowest BCUT2D eigenvalue weighted by Crippen LogP contribution is -2.42. The highest BCUT2D eigenvalue weighted by molar-refractivity contribution is 5.71. The first-order valence-corrected chi connectivity index (χ1v) is 8.71. The van der Waals surface area contributed by atoms with Crippen molar-refractivity contribution < 1.29 is 9.47 Å². The number of ether oxygens (including phenoxy) is 2. The lowest BCUT2D eigenvalue weighted by Gasteiger charge is -2.29. The molecule has 0 aliphatic carbocycles. The molecule has 0 saturated carbocycles. The van der Waals surface area contributed by atoms with E-state index in [9.17, 15) is 0 Å². The zero-order valence-electron chi connectivity index (χ0n) is 14.2. The maximum absolute atomic E-state index is 7.39. The minimum atomic E-state index is 0.165. The van der Waals surface area contributed by atoms with Crippen molar-refractivity contribution in [1.82, 2.24) is 10.3 Å². The molecular formula is C20H21N3O2. The number of hydrogen-bond donors (Lipinski definition) is 1. The van der Waals surface area contributed by atoms with Crippen LogP contribution in [0.25, 0.3) is 16.1 Å². The van der Waals surface area contributed by atoms with E-state index >= 15 is 0 Å². The van der Waals surface area contributed by atoms with Gasteiger partial charge in [-0.25, -0.2) is 9.83 Å². The highest BCUT2D eigenvalue weighted by Gasteiger charge is 2.34. The van der Waals surface area contributed by atoms with E-state index in [0.29, 0.717) is 29.3 Å². The van der Waals surface area contributed by atoms with Crippen LogP contribution in [0.1, 0.15) is 25.7 Å². The minimum Gasteiger partial charge on any atom is -0.496 e. The number of para-hydroxylation sites is 1. The first-order chi connectivity index (χ1) is 12.2. The SMILES string of the molecule is [C-]#[N+]c1cc(OC2C[C@H]3CC[C@@H](C2)N3)nc(-c2ccccc2OC)c1. The second-order valence-corrected chi connectivity index (χ2v) is 6.71. The van der Waals surface area contributed by atoms with Gasteiger partial charge < -0.3 is 14.8 Å². The van der Waals surface area contributed by atoms with Gasteiger partial charge >= 0.3 is 0 Å². The number of benzene rings is 1. The molecule has 0 spiro atoms. The second-order valence-electron chi connectivity index (χ2n) is 6.71. The first kappa shape index (κ1) is 15.9. The van der Waals surface area contributed by atoms with Crippen LogP contribution >= 0.6 is 0 Å². The normalized spacial score (nSPS) is 24.6. The van der Waals surface area contributed by atoms with Gasteiger partial charge in [-0.05, 0) is 43.9 Å². The molecule has 25 heavy (non-hydrogen) atoms. The van der Waals surface area contributed by atoms with E-state index in [1.807, 2.05) is 24.3 Å². The molecular weight excluding hydrogens is 314 g/mol. The zero-order valence-corrected chi connectivity index (χ0v) is 14.2. The molecule has 1 unspecified atom stereocenters. The Hall–Kier alpha value is -2.58. The molecule has 2 aromatic rings. The van der Waals surface area contributed by atoms with Crippen LogP contribution in [-0.2, 0) is 0 Å². The largest absolute Gasteiger partial charge is 0.496 e. The van der Waals surface area contributed by atoms with Crippen LogP contribution in [0.2, 0.25) is 0 Å². The quantitative estimate of drug-likeness (QED) is 0.859. The van der Waals surface area contributed by atoms with Crippen LogP contribution in [0, 0.1) is 6.57 Å². The van der Waals surface area contributed by atoms with Crippen LogP contribution in [0.5, 0.6) is 11.6 Å². The summed E-state index contributed by atoms with van der Waals surface area (Å²) in [6, 6.07) is 12.3. The second kappa shape index (κ2) is 6.73. The average Bonchev–Trinajstić information content (AvgIpc) is 2.99. The number of piperidine rings is 1. The Balaban J connectivity index is 1.63. The summed E-state index contributed by atoms with van der Waals surface area (Å²) in [5.41, 5.74) is 2.10. The molecule has 2 aliphatic heterocycles. The first-order valence-electron chi connectivity index (χ1n) is 8.71. The molecule has 1 aromatic carbocycles. The van der Waals surface area contributed by atoms with Crippen molar-refractivity contribution in [2.75, 3.05) is 7.11 Å². The van der Waals surface area contributed by atoms with Crippen LogP contribution in [0.15, 0.2) is 36.4 Å². The molecule has 2 aliphatic rings. The standard InChI is InChI=1S/C20H21N3O2/c1-21-15-11-18(17-5-3-4-6-19(17)24-2)23-20(12-15)25-16-9-13-7-8-14(10-16)22-13/h3-6,11-14,16,22H,7-10H2,2H3/t13-,14+,16?. The monoisotopic (exact) mass is 335 g/mol. The fourth-order valence-corrected chi connectivity index (χ4v) is 3.88. The van der Waals surface area contributed by atoms with Gasteiger partial charge in [0.25, 0.3) is 0 Å². The third kappa shape index (κ3) is 3.31. The molecule has 2 bridgehead atoms. The number of nitrogens with zero attached hydrogens (tertiary/aromatic N) is 2. The van der Waals surface area contributed by atoms with Crippen LogP contribution < -0.4 is 14.8 Å². The van der Waals surface area contributed by atoms with E-state index in [4.69, 9.17) is 16.0 Å². The predicted molar refractivity (Wildman–Crippen MR) is 96.1 cm³/mol.